The van der Waals surface area contributed by atoms with Crippen molar-refractivity contribution in [2.45, 2.75) is 18.7 Å². The highest BCUT2D eigenvalue weighted by Gasteiger charge is 2.27. The summed E-state index contributed by atoms with van der Waals surface area (Å²) in [5.74, 6) is -0.941. The molecule has 0 saturated carbocycles. The molecule has 0 spiro atoms. The van der Waals surface area contributed by atoms with E-state index >= 15 is 0 Å². The van der Waals surface area contributed by atoms with Gasteiger partial charge in [0.2, 0.25) is 5.91 Å². The smallest absolute Gasteiger partial charge is 0.264 e. The topological polar surface area (TPSA) is 66.5 Å². The Bertz CT molecular complexity index is 803. The van der Waals surface area contributed by atoms with Crippen molar-refractivity contribution in [3.63, 3.8) is 0 Å². The Kier molecular flexibility index (Phi) is 5.56. The van der Waals surface area contributed by atoms with Crippen molar-refractivity contribution in [1.29, 1.82) is 0 Å². The van der Waals surface area contributed by atoms with Gasteiger partial charge < -0.3 is 5.32 Å². The first-order chi connectivity index (χ1) is 11.3. The van der Waals surface area contributed by atoms with Gasteiger partial charge in [-0.2, -0.15) is 0 Å². The van der Waals surface area contributed by atoms with E-state index in [2.05, 4.69) is 5.32 Å². The van der Waals surface area contributed by atoms with E-state index in [1.807, 2.05) is 6.92 Å². The summed E-state index contributed by atoms with van der Waals surface area (Å²) in [7, 11) is -3.99. The molecule has 0 aliphatic rings. The van der Waals surface area contributed by atoms with Gasteiger partial charge in [-0.1, -0.05) is 17.7 Å². The number of carbonyl (C=O) groups excluding carboxylic acids is 1. The molecule has 0 heterocycles. The van der Waals surface area contributed by atoms with E-state index in [0.29, 0.717) is 12.2 Å². The van der Waals surface area contributed by atoms with E-state index in [-0.39, 0.29) is 11.4 Å². The zero-order chi connectivity index (χ0) is 17.7. The molecular formula is C17H19FN2O3S. The number of carbonyl (C=O) groups is 1. The molecule has 1 N–H and O–H groups in total. The maximum atomic E-state index is 13.1. The normalized spacial score (nSPS) is 11.1. The second-order valence-corrected chi connectivity index (χ2v) is 7.12. The Labute approximate surface area is 141 Å². The van der Waals surface area contributed by atoms with Gasteiger partial charge in [0.25, 0.3) is 10.0 Å². The lowest BCUT2D eigenvalue weighted by Crippen LogP contribution is -2.40. The minimum atomic E-state index is -3.99. The van der Waals surface area contributed by atoms with E-state index in [1.165, 1.54) is 12.1 Å². The first-order valence-corrected chi connectivity index (χ1v) is 8.90. The van der Waals surface area contributed by atoms with Crippen LogP contribution in [-0.2, 0) is 14.8 Å². The minimum absolute atomic E-state index is 0.0752. The number of halogens is 1. The zero-order valence-electron chi connectivity index (χ0n) is 13.5. The molecule has 2 aromatic rings. The number of nitrogens with one attached hydrogen (secondary N) is 1. The second kappa shape index (κ2) is 7.44. The summed E-state index contributed by atoms with van der Waals surface area (Å²) in [5, 5.41) is 2.58. The van der Waals surface area contributed by atoms with Crippen LogP contribution in [-0.4, -0.2) is 27.4 Å². The summed E-state index contributed by atoms with van der Waals surface area (Å²) >= 11 is 0. The molecule has 0 saturated heterocycles. The molecule has 0 aliphatic heterocycles. The Morgan fingerprint density at radius 2 is 1.67 bits per heavy atom. The van der Waals surface area contributed by atoms with Crippen LogP contribution in [0.1, 0.15) is 12.5 Å². The summed E-state index contributed by atoms with van der Waals surface area (Å²) in [6.45, 7) is 3.68. The van der Waals surface area contributed by atoms with E-state index < -0.39 is 21.7 Å². The summed E-state index contributed by atoms with van der Waals surface area (Å²) in [6, 6.07) is 11.3. The van der Waals surface area contributed by atoms with Crippen LogP contribution in [0.5, 0.6) is 0 Å². The Morgan fingerprint density at radius 3 is 2.21 bits per heavy atom. The lowest BCUT2D eigenvalue weighted by molar-refractivity contribution is -0.119. The minimum Gasteiger partial charge on any atom is -0.355 e. The quantitative estimate of drug-likeness (QED) is 0.870. The van der Waals surface area contributed by atoms with Crippen molar-refractivity contribution in [2.24, 2.45) is 0 Å². The fourth-order valence-electron chi connectivity index (χ4n) is 2.14. The van der Waals surface area contributed by atoms with Crippen molar-refractivity contribution in [3.05, 3.63) is 59.9 Å². The summed E-state index contributed by atoms with van der Waals surface area (Å²) in [6.07, 6.45) is 0. The fourth-order valence-corrected chi connectivity index (χ4v) is 3.56. The third-order valence-corrected chi connectivity index (χ3v) is 5.17. The molecule has 0 unspecified atom stereocenters. The molecule has 1 amide bonds. The highest BCUT2D eigenvalue weighted by Crippen LogP contribution is 2.24. The number of rotatable bonds is 6. The van der Waals surface area contributed by atoms with E-state index in [9.17, 15) is 17.6 Å². The van der Waals surface area contributed by atoms with Crippen LogP contribution in [0, 0.1) is 12.7 Å². The van der Waals surface area contributed by atoms with Crippen molar-refractivity contribution in [1.82, 2.24) is 5.32 Å². The van der Waals surface area contributed by atoms with Gasteiger partial charge in [0.15, 0.2) is 0 Å². The first kappa shape index (κ1) is 17.9. The second-order valence-electron chi connectivity index (χ2n) is 5.25. The maximum Gasteiger partial charge on any atom is 0.264 e. The monoisotopic (exact) mass is 350 g/mol. The number of amides is 1. The standard InChI is InChI=1S/C17H19FN2O3S/c1-3-19-17(21)12-20(15-8-4-13(2)5-9-15)24(22,23)16-10-6-14(18)7-11-16/h4-11H,3,12H2,1-2H3,(H,19,21). The zero-order valence-corrected chi connectivity index (χ0v) is 14.3. The average molecular weight is 350 g/mol. The SMILES string of the molecule is CCNC(=O)CN(c1ccc(C)cc1)S(=O)(=O)c1ccc(F)cc1. The molecule has 0 fully saturated rings. The van der Waals surface area contributed by atoms with Crippen molar-refractivity contribution in [2.75, 3.05) is 17.4 Å². The molecule has 24 heavy (non-hydrogen) atoms. The van der Waals surface area contributed by atoms with Gasteiger partial charge in [0.1, 0.15) is 12.4 Å². The van der Waals surface area contributed by atoms with E-state index in [0.717, 1.165) is 22.0 Å². The third-order valence-electron chi connectivity index (χ3n) is 3.38. The van der Waals surface area contributed by atoms with Crippen LogP contribution in [0.2, 0.25) is 0 Å². The van der Waals surface area contributed by atoms with Crippen LogP contribution in [0.3, 0.4) is 0 Å². The number of hydrogen-bond acceptors (Lipinski definition) is 3. The van der Waals surface area contributed by atoms with E-state index in [1.54, 1.807) is 31.2 Å². The molecule has 0 radical (unpaired) electrons. The first-order valence-electron chi connectivity index (χ1n) is 7.46. The van der Waals surface area contributed by atoms with Gasteiger partial charge in [0.05, 0.1) is 10.6 Å². The number of aryl methyl sites for hydroxylation is 1. The maximum absolute atomic E-state index is 13.1. The van der Waals surface area contributed by atoms with E-state index in [4.69, 9.17) is 0 Å². The molecule has 0 bridgehead atoms. The molecule has 0 atom stereocenters. The number of benzene rings is 2. The van der Waals surface area contributed by atoms with Crippen molar-refractivity contribution in [3.8, 4) is 0 Å². The van der Waals surface area contributed by atoms with Gasteiger partial charge in [-0.3, -0.25) is 9.10 Å². The lowest BCUT2D eigenvalue weighted by Gasteiger charge is -2.24. The molecule has 0 aliphatic carbocycles. The van der Waals surface area contributed by atoms with Crippen molar-refractivity contribution < 1.29 is 17.6 Å². The predicted octanol–water partition coefficient (Wildman–Crippen LogP) is 2.47. The summed E-state index contributed by atoms with van der Waals surface area (Å²) in [4.78, 5) is 11.9. The fraction of sp³-hybridized carbons (Fsp3) is 0.235. The third kappa shape index (κ3) is 4.11. The largest absolute Gasteiger partial charge is 0.355 e. The Morgan fingerprint density at radius 1 is 1.08 bits per heavy atom. The summed E-state index contributed by atoms with van der Waals surface area (Å²) in [5.41, 5.74) is 1.34. The number of anilines is 1. The molecule has 128 valence electrons. The molecule has 2 aromatic carbocycles. The number of sulfonamides is 1. The highest BCUT2D eigenvalue weighted by molar-refractivity contribution is 7.92. The predicted molar refractivity (Wildman–Crippen MR) is 90.8 cm³/mol. The van der Waals surface area contributed by atoms with Crippen LogP contribution < -0.4 is 9.62 Å². The molecule has 0 aromatic heterocycles. The van der Waals surface area contributed by atoms with Gasteiger partial charge in [-0.15, -0.1) is 0 Å². The average Bonchev–Trinajstić information content (AvgIpc) is 2.54. The van der Waals surface area contributed by atoms with Gasteiger partial charge in [-0.05, 0) is 50.2 Å². The number of nitrogens with zero attached hydrogens (tertiary/aromatic N) is 1. The number of hydrogen-bond donors (Lipinski definition) is 1. The van der Waals surface area contributed by atoms with Crippen LogP contribution >= 0.6 is 0 Å². The molecule has 2 rings (SSSR count). The van der Waals surface area contributed by atoms with Crippen LogP contribution in [0.25, 0.3) is 0 Å². The lowest BCUT2D eigenvalue weighted by atomic mass is 10.2. The Hall–Kier alpha value is -2.41. The number of likely N-dealkylation sites (N-methyl/N-ethyl adjacent to an activating group) is 1. The van der Waals surface area contributed by atoms with Gasteiger partial charge >= 0.3 is 0 Å². The van der Waals surface area contributed by atoms with Gasteiger partial charge in [-0.25, -0.2) is 12.8 Å². The Balaban J connectivity index is 2.45. The molecule has 7 heteroatoms. The molecule has 5 nitrogen and oxygen atoms in total. The van der Waals surface area contributed by atoms with Gasteiger partial charge in [0, 0.05) is 6.54 Å². The summed E-state index contributed by atoms with van der Waals surface area (Å²) < 4.78 is 39.9. The van der Waals surface area contributed by atoms with Crippen LogP contribution in [0.4, 0.5) is 10.1 Å². The van der Waals surface area contributed by atoms with Crippen molar-refractivity contribution >= 4 is 21.6 Å². The molecular weight excluding hydrogens is 331 g/mol. The highest BCUT2D eigenvalue weighted by atomic mass is 32.2. The van der Waals surface area contributed by atoms with Crippen LogP contribution in [0.15, 0.2) is 53.4 Å².